The van der Waals surface area contributed by atoms with Crippen LogP contribution in [-0.4, -0.2) is 19.5 Å². The maximum absolute atomic E-state index is 12.6. The molecule has 3 rings (SSSR count). The van der Waals surface area contributed by atoms with Crippen LogP contribution in [0.2, 0.25) is 0 Å². The minimum atomic E-state index is -3.21. The molecule has 0 saturated heterocycles. The summed E-state index contributed by atoms with van der Waals surface area (Å²) in [5.74, 6) is 0.254. The van der Waals surface area contributed by atoms with Crippen molar-refractivity contribution in [1.29, 1.82) is 0 Å². The Kier molecular flexibility index (Phi) is 3.63. The van der Waals surface area contributed by atoms with Crippen molar-refractivity contribution in [2.75, 3.05) is 11.1 Å². The van der Waals surface area contributed by atoms with Crippen LogP contribution in [0.5, 0.6) is 0 Å². The molecule has 0 radical (unpaired) electrons. The van der Waals surface area contributed by atoms with Crippen LogP contribution >= 0.6 is 15.9 Å². The third-order valence-electron chi connectivity index (χ3n) is 4.27. The van der Waals surface area contributed by atoms with E-state index < -0.39 is 9.84 Å². The summed E-state index contributed by atoms with van der Waals surface area (Å²) in [5, 5.41) is 2.83. The largest absolute Gasteiger partial charge is 0.224 e. The fourth-order valence-corrected chi connectivity index (χ4v) is 5.81. The lowest BCUT2D eigenvalue weighted by molar-refractivity contribution is 0.203. The maximum Gasteiger partial charge on any atom is 0.178 e. The molecule has 2 nitrogen and oxygen atoms in total. The third-order valence-corrected chi connectivity index (χ3v) is 7.43. The van der Waals surface area contributed by atoms with Crippen LogP contribution in [0.3, 0.4) is 0 Å². The molecule has 0 N–H and O–H groups in total. The molecule has 2 aromatic carbocycles. The van der Waals surface area contributed by atoms with E-state index in [2.05, 4.69) is 15.9 Å². The standard InChI is InChI=1S/C16H17BrO2S/c17-11-16(8-3-9-16)12-20(18,19)15-7-6-13-4-1-2-5-14(13)10-15/h1-2,4-7,10H,3,8-9,11-12H2. The molecule has 0 amide bonds. The van der Waals surface area contributed by atoms with Crippen molar-refractivity contribution in [1.82, 2.24) is 0 Å². The minimum absolute atomic E-state index is 0.0511. The fourth-order valence-electron chi connectivity index (χ4n) is 2.84. The Morgan fingerprint density at radius 1 is 1.05 bits per heavy atom. The first-order valence-corrected chi connectivity index (χ1v) is 9.60. The zero-order valence-corrected chi connectivity index (χ0v) is 13.6. The lowest BCUT2D eigenvalue weighted by atomic mass is 9.72. The van der Waals surface area contributed by atoms with E-state index in [-0.39, 0.29) is 11.2 Å². The van der Waals surface area contributed by atoms with Crippen molar-refractivity contribution in [3.8, 4) is 0 Å². The highest BCUT2D eigenvalue weighted by molar-refractivity contribution is 9.09. The second-order valence-corrected chi connectivity index (χ2v) is 8.31. The van der Waals surface area contributed by atoms with Gasteiger partial charge in [-0.15, -0.1) is 0 Å². The van der Waals surface area contributed by atoms with Gasteiger partial charge in [0.25, 0.3) is 0 Å². The second kappa shape index (κ2) is 5.15. The molecule has 4 heteroatoms. The van der Waals surface area contributed by atoms with Crippen molar-refractivity contribution in [2.24, 2.45) is 5.41 Å². The molecule has 106 valence electrons. The Balaban J connectivity index is 1.96. The molecule has 2 aromatic rings. The number of hydrogen-bond acceptors (Lipinski definition) is 2. The van der Waals surface area contributed by atoms with Crippen LogP contribution in [0.25, 0.3) is 10.8 Å². The molecule has 0 aliphatic heterocycles. The Hall–Kier alpha value is -0.870. The monoisotopic (exact) mass is 352 g/mol. The van der Waals surface area contributed by atoms with Gasteiger partial charge in [-0.05, 0) is 41.2 Å². The predicted molar refractivity (Wildman–Crippen MR) is 86.1 cm³/mol. The average Bonchev–Trinajstić information content (AvgIpc) is 2.42. The van der Waals surface area contributed by atoms with E-state index in [0.717, 1.165) is 35.4 Å². The van der Waals surface area contributed by atoms with E-state index in [9.17, 15) is 8.42 Å². The predicted octanol–water partition coefficient (Wildman–Crippen LogP) is 4.18. The highest BCUT2D eigenvalue weighted by atomic mass is 79.9. The molecule has 1 fully saturated rings. The third kappa shape index (κ3) is 2.51. The summed E-state index contributed by atoms with van der Waals surface area (Å²) < 4.78 is 25.2. The number of fused-ring (bicyclic) bond motifs is 1. The summed E-state index contributed by atoms with van der Waals surface area (Å²) in [6.45, 7) is 0. The number of sulfone groups is 1. The van der Waals surface area contributed by atoms with Crippen LogP contribution in [0.15, 0.2) is 47.4 Å². The van der Waals surface area contributed by atoms with Gasteiger partial charge < -0.3 is 0 Å². The first-order chi connectivity index (χ1) is 9.55. The Labute approximate surface area is 128 Å². The molecule has 0 aromatic heterocycles. The summed E-state index contributed by atoms with van der Waals surface area (Å²) in [5.41, 5.74) is -0.0511. The lowest BCUT2D eigenvalue weighted by Crippen LogP contribution is -2.38. The van der Waals surface area contributed by atoms with Gasteiger partial charge in [-0.2, -0.15) is 0 Å². The smallest absolute Gasteiger partial charge is 0.178 e. The number of rotatable bonds is 4. The van der Waals surface area contributed by atoms with Crippen molar-refractivity contribution < 1.29 is 8.42 Å². The molecule has 1 aliphatic rings. The Morgan fingerprint density at radius 2 is 1.75 bits per heavy atom. The number of halogens is 1. The summed E-state index contributed by atoms with van der Waals surface area (Å²) >= 11 is 3.48. The molecular formula is C16H17BrO2S. The van der Waals surface area contributed by atoms with Crippen molar-refractivity contribution in [2.45, 2.75) is 24.2 Å². The first kappa shape index (κ1) is 14.1. The van der Waals surface area contributed by atoms with Crippen molar-refractivity contribution in [3.63, 3.8) is 0 Å². The van der Waals surface area contributed by atoms with Crippen LogP contribution in [0, 0.1) is 5.41 Å². The van der Waals surface area contributed by atoms with Crippen molar-refractivity contribution in [3.05, 3.63) is 42.5 Å². The molecule has 0 unspecified atom stereocenters. The second-order valence-electron chi connectivity index (χ2n) is 5.76. The van der Waals surface area contributed by atoms with E-state index in [1.807, 2.05) is 30.3 Å². The van der Waals surface area contributed by atoms with Crippen LogP contribution in [0.1, 0.15) is 19.3 Å². The zero-order chi connectivity index (χ0) is 14.2. The SMILES string of the molecule is O=S(=O)(CC1(CBr)CCC1)c1ccc2ccccc2c1. The highest BCUT2D eigenvalue weighted by Crippen LogP contribution is 2.44. The van der Waals surface area contributed by atoms with Gasteiger partial charge in [0.1, 0.15) is 0 Å². The summed E-state index contributed by atoms with van der Waals surface area (Å²) in [6.07, 6.45) is 3.15. The number of hydrogen-bond donors (Lipinski definition) is 0. The van der Waals surface area contributed by atoms with Crippen LogP contribution in [-0.2, 0) is 9.84 Å². The molecule has 1 saturated carbocycles. The summed E-state index contributed by atoms with van der Waals surface area (Å²) in [4.78, 5) is 0.448. The normalized spacial score (nSPS) is 17.9. The van der Waals surface area contributed by atoms with Gasteiger partial charge in [0.2, 0.25) is 0 Å². The van der Waals surface area contributed by atoms with E-state index in [1.165, 1.54) is 0 Å². The quantitative estimate of drug-likeness (QED) is 0.773. The highest BCUT2D eigenvalue weighted by Gasteiger charge is 2.40. The maximum atomic E-state index is 12.6. The molecular weight excluding hydrogens is 336 g/mol. The Morgan fingerprint density at radius 3 is 2.35 bits per heavy atom. The fraction of sp³-hybridized carbons (Fsp3) is 0.375. The molecule has 20 heavy (non-hydrogen) atoms. The molecule has 1 aliphatic carbocycles. The summed E-state index contributed by atoms with van der Waals surface area (Å²) in [7, 11) is -3.21. The van der Waals surface area contributed by atoms with Crippen LogP contribution in [0.4, 0.5) is 0 Å². The van der Waals surface area contributed by atoms with Gasteiger partial charge in [-0.25, -0.2) is 8.42 Å². The lowest BCUT2D eigenvalue weighted by Gasteiger charge is -2.40. The summed E-state index contributed by atoms with van der Waals surface area (Å²) in [6, 6.07) is 13.3. The minimum Gasteiger partial charge on any atom is -0.224 e. The van der Waals surface area contributed by atoms with E-state index >= 15 is 0 Å². The van der Waals surface area contributed by atoms with Crippen molar-refractivity contribution >= 4 is 36.5 Å². The molecule has 0 atom stereocenters. The van der Waals surface area contributed by atoms with E-state index in [1.54, 1.807) is 12.1 Å². The molecule has 0 heterocycles. The van der Waals surface area contributed by atoms with E-state index in [0.29, 0.717) is 4.90 Å². The van der Waals surface area contributed by atoms with Gasteiger partial charge in [-0.3, -0.25) is 0 Å². The van der Waals surface area contributed by atoms with Gasteiger partial charge in [-0.1, -0.05) is 52.7 Å². The van der Waals surface area contributed by atoms with Gasteiger partial charge >= 0.3 is 0 Å². The van der Waals surface area contributed by atoms with E-state index in [4.69, 9.17) is 0 Å². The first-order valence-electron chi connectivity index (χ1n) is 6.82. The topological polar surface area (TPSA) is 34.1 Å². The number of benzene rings is 2. The molecule has 0 bridgehead atoms. The van der Waals surface area contributed by atoms with Gasteiger partial charge in [0.15, 0.2) is 9.84 Å². The average molecular weight is 353 g/mol. The van der Waals surface area contributed by atoms with Gasteiger partial charge in [0.05, 0.1) is 10.6 Å². The van der Waals surface area contributed by atoms with Crippen LogP contribution < -0.4 is 0 Å². The zero-order valence-electron chi connectivity index (χ0n) is 11.2. The molecule has 0 spiro atoms. The van der Waals surface area contributed by atoms with Gasteiger partial charge in [0, 0.05) is 5.33 Å². The Bertz CT molecular complexity index is 727. The number of alkyl halides is 1.